The highest BCUT2D eigenvalue weighted by atomic mass is 79.9. The predicted octanol–water partition coefficient (Wildman–Crippen LogP) is 4.99. The van der Waals surface area contributed by atoms with Gasteiger partial charge in [0.2, 0.25) is 5.89 Å². The summed E-state index contributed by atoms with van der Waals surface area (Å²) in [6.45, 7) is 9.42. The fourth-order valence-corrected chi connectivity index (χ4v) is 3.35. The summed E-state index contributed by atoms with van der Waals surface area (Å²) in [6.07, 6.45) is 1.85. The van der Waals surface area contributed by atoms with Crippen molar-refractivity contribution in [1.29, 1.82) is 0 Å². The zero-order valence-corrected chi connectivity index (χ0v) is 15.0. The number of hydrogen-bond donors (Lipinski definition) is 0. The van der Waals surface area contributed by atoms with Gasteiger partial charge in [-0.15, -0.1) is 11.3 Å². The van der Waals surface area contributed by atoms with Crippen molar-refractivity contribution in [3.63, 3.8) is 0 Å². The van der Waals surface area contributed by atoms with Gasteiger partial charge >= 0.3 is 0 Å². The van der Waals surface area contributed by atoms with Crippen molar-refractivity contribution in [2.24, 2.45) is 0 Å². The second-order valence-electron chi connectivity index (χ2n) is 6.14. The molecule has 0 unspecified atom stereocenters. The molecule has 2 aromatic heterocycles. The van der Waals surface area contributed by atoms with Gasteiger partial charge in [0.25, 0.3) is 0 Å². The fraction of sp³-hybridized carbons (Fsp3) is 0.533. The highest BCUT2D eigenvalue weighted by molar-refractivity contribution is 9.10. The third-order valence-corrected chi connectivity index (χ3v) is 4.99. The molecule has 1 atom stereocenters. The Balaban J connectivity index is 2.06. The van der Waals surface area contributed by atoms with E-state index in [1.165, 1.54) is 4.88 Å². The Bertz CT molecular complexity index is 570. The van der Waals surface area contributed by atoms with E-state index in [9.17, 15) is 0 Å². The first-order valence-electron chi connectivity index (χ1n) is 6.66. The molecule has 2 heterocycles. The van der Waals surface area contributed by atoms with Crippen LogP contribution in [0.15, 0.2) is 26.5 Å². The molecule has 20 heavy (non-hydrogen) atoms. The van der Waals surface area contributed by atoms with Crippen LogP contribution in [0, 0.1) is 0 Å². The lowest BCUT2D eigenvalue weighted by Crippen LogP contribution is -2.21. The molecule has 0 N–H and O–H groups in total. The smallest absolute Gasteiger partial charge is 0.211 e. The quantitative estimate of drug-likeness (QED) is 0.772. The van der Waals surface area contributed by atoms with Gasteiger partial charge in [0.15, 0.2) is 0 Å². The van der Waals surface area contributed by atoms with E-state index in [1.54, 1.807) is 11.3 Å². The Labute approximate surface area is 133 Å². The van der Waals surface area contributed by atoms with E-state index in [-0.39, 0.29) is 11.5 Å². The monoisotopic (exact) mass is 356 g/mol. The van der Waals surface area contributed by atoms with Crippen LogP contribution in [0.1, 0.15) is 50.3 Å². The average Bonchev–Trinajstić information content (AvgIpc) is 2.96. The third-order valence-electron chi connectivity index (χ3n) is 3.31. The molecule has 0 fully saturated rings. The van der Waals surface area contributed by atoms with Crippen molar-refractivity contribution in [1.82, 2.24) is 9.88 Å². The second-order valence-corrected chi connectivity index (χ2v) is 8.05. The van der Waals surface area contributed by atoms with Crippen molar-refractivity contribution < 1.29 is 4.42 Å². The molecule has 0 aliphatic carbocycles. The second kappa shape index (κ2) is 6.00. The summed E-state index contributed by atoms with van der Waals surface area (Å²) in [5, 5.41) is 2.11. The maximum Gasteiger partial charge on any atom is 0.211 e. The van der Waals surface area contributed by atoms with Gasteiger partial charge in [-0.2, -0.15) is 0 Å². The Kier molecular flexibility index (Phi) is 4.72. The summed E-state index contributed by atoms with van der Waals surface area (Å²) in [4.78, 5) is 8.01. The van der Waals surface area contributed by atoms with Crippen molar-refractivity contribution in [3.8, 4) is 0 Å². The molecule has 0 aliphatic heterocycles. The topological polar surface area (TPSA) is 29.3 Å². The Morgan fingerprint density at radius 3 is 2.65 bits per heavy atom. The van der Waals surface area contributed by atoms with Crippen LogP contribution < -0.4 is 0 Å². The zero-order chi connectivity index (χ0) is 14.9. The van der Waals surface area contributed by atoms with Gasteiger partial charge in [-0.05, 0) is 36.0 Å². The maximum atomic E-state index is 5.92. The molecule has 0 bridgehead atoms. The van der Waals surface area contributed by atoms with Gasteiger partial charge in [-0.1, -0.05) is 20.8 Å². The molecule has 0 saturated heterocycles. The molecule has 0 aromatic carbocycles. The van der Waals surface area contributed by atoms with E-state index in [4.69, 9.17) is 4.42 Å². The highest BCUT2D eigenvalue weighted by Crippen LogP contribution is 2.28. The number of rotatable bonds is 4. The molecular weight excluding hydrogens is 336 g/mol. The Morgan fingerprint density at radius 1 is 1.45 bits per heavy atom. The SMILES string of the molecule is C[C@H](c1ncc(C(C)(C)C)o1)N(C)Cc1cc(Br)cs1. The van der Waals surface area contributed by atoms with Crippen molar-refractivity contribution in [2.75, 3.05) is 7.05 Å². The minimum Gasteiger partial charge on any atom is -0.443 e. The molecule has 110 valence electrons. The first kappa shape index (κ1) is 15.7. The summed E-state index contributed by atoms with van der Waals surface area (Å²) in [7, 11) is 2.10. The minimum atomic E-state index is 0.00214. The molecular formula is C15H21BrN2OS. The van der Waals surface area contributed by atoms with Crippen LogP contribution in [-0.4, -0.2) is 16.9 Å². The van der Waals surface area contributed by atoms with Gasteiger partial charge in [0.1, 0.15) is 5.76 Å². The first-order chi connectivity index (χ1) is 9.27. The average molecular weight is 357 g/mol. The minimum absolute atomic E-state index is 0.00214. The summed E-state index contributed by atoms with van der Waals surface area (Å²) < 4.78 is 7.06. The van der Waals surface area contributed by atoms with Gasteiger partial charge in [0.05, 0.1) is 12.2 Å². The lowest BCUT2D eigenvalue weighted by molar-refractivity contribution is 0.211. The lowest BCUT2D eigenvalue weighted by Gasteiger charge is -2.21. The summed E-state index contributed by atoms with van der Waals surface area (Å²) in [6, 6.07) is 2.32. The lowest BCUT2D eigenvalue weighted by atomic mass is 9.94. The van der Waals surface area contributed by atoms with E-state index in [0.29, 0.717) is 0 Å². The van der Waals surface area contributed by atoms with Crippen molar-refractivity contribution in [3.05, 3.63) is 38.6 Å². The van der Waals surface area contributed by atoms with E-state index < -0.39 is 0 Å². The maximum absolute atomic E-state index is 5.92. The van der Waals surface area contributed by atoms with Crippen LogP contribution >= 0.6 is 27.3 Å². The van der Waals surface area contributed by atoms with Crippen LogP contribution in [0.5, 0.6) is 0 Å². The van der Waals surface area contributed by atoms with Crippen molar-refractivity contribution in [2.45, 2.75) is 45.7 Å². The van der Waals surface area contributed by atoms with E-state index in [0.717, 1.165) is 22.7 Å². The van der Waals surface area contributed by atoms with Crippen LogP contribution in [0.25, 0.3) is 0 Å². The van der Waals surface area contributed by atoms with Gasteiger partial charge in [-0.3, -0.25) is 4.90 Å². The van der Waals surface area contributed by atoms with E-state index in [1.807, 2.05) is 6.20 Å². The number of halogens is 1. The Hall–Kier alpha value is -0.650. The van der Waals surface area contributed by atoms with Crippen LogP contribution in [0.3, 0.4) is 0 Å². The van der Waals surface area contributed by atoms with Crippen LogP contribution in [0.2, 0.25) is 0 Å². The normalized spacial score (nSPS) is 13.9. The highest BCUT2D eigenvalue weighted by Gasteiger charge is 2.23. The first-order valence-corrected chi connectivity index (χ1v) is 8.34. The molecule has 0 radical (unpaired) electrons. The van der Waals surface area contributed by atoms with E-state index in [2.05, 4.69) is 72.0 Å². The van der Waals surface area contributed by atoms with Crippen LogP contribution in [-0.2, 0) is 12.0 Å². The zero-order valence-electron chi connectivity index (χ0n) is 12.6. The van der Waals surface area contributed by atoms with Crippen LogP contribution in [0.4, 0.5) is 0 Å². The summed E-state index contributed by atoms with van der Waals surface area (Å²) >= 11 is 5.25. The molecule has 3 nitrogen and oxygen atoms in total. The Morgan fingerprint density at radius 2 is 2.15 bits per heavy atom. The number of oxazole rings is 1. The molecule has 2 rings (SSSR count). The molecule has 0 saturated carbocycles. The fourth-order valence-electron chi connectivity index (χ4n) is 1.84. The number of nitrogens with zero attached hydrogens (tertiary/aromatic N) is 2. The van der Waals surface area contributed by atoms with Gasteiger partial charge in [0, 0.05) is 26.7 Å². The standard InChI is InChI=1S/C15H21BrN2OS/c1-10(14-17-7-13(19-14)15(2,3)4)18(5)8-12-6-11(16)9-20-12/h6-7,9-10H,8H2,1-5H3/t10-/m1/s1. The molecule has 0 amide bonds. The number of hydrogen-bond acceptors (Lipinski definition) is 4. The van der Waals surface area contributed by atoms with Crippen molar-refractivity contribution >= 4 is 27.3 Å². The summed E-state index contributed by atoms with van der Waals surface area (Å²) in [5.41, 5.74) is 0.00214. The van der Waals surface area contributed by atoms with E-state index >= 15 is 0 Å². The third kappa shape index (κ3) is 3.71. The molecule has 0 spiro atoms. The number of aromatic nitrogens is 1. The number of thiophene rings is 1. The van der Waals surface area contributed by atoms with Gasteiger partial charge < -0.3 is 4.42 Å². The molecule has 0 aliphatic rings. The predicted molar refractivity (Wildman–Crippen MR) is 87.1 cm³/mol. The molecule has 5 heteroatoms. The largest absolute Gasteiger partial charge is 0.443 e. The summed E-state index contributed by atoms with van der Waals surface area (Å²) in [5.74, 6) is 1.72. The van der Waals surface area contributed by atoms with Gasteiger partial charge in [-0.25, -0.2) is 4.98 Å². The molecule has 2 aromatic rings.